The zero-order valence-electron chi connectivity index (χ0n) is 10.6. The fourth-order valence-electron chi connectivity index (χ4n) is 1.64. The molecule has 2 aromatic rings. The van der Waals surface area contributed by atoms with E-state index in [2.05, 4.69) is 44.7 Å². The van der Waals surface area contributed by atoms with E-state index in [0.29, 0.717) is 11.4 Å². The normalized spacial score (nSPS) is 10.3. The van der Waals surface area contributed by atoms with Gasteiger partial charge in [-0.2, -0.15) is 9.98 Å². The fourth-order valence-corrected chi connectivity index (χ4v) is 3.11. The van der Waals surface area contributed by atoms with Crippen LogP contribution in [-0.4, -0.2) is 18.7 Å². The Kier molecular flexibility index (Phi) is 4.85. The lowest BCUT2D eigenvalue weighted by molar-refractivity contribution is 0.596. The minimum Gasteiger partial charge on any atom is -0.219 e. The fraction of sp³-hybridized carbons (Fsp3) is 0. The number of benzene rings is 2. The first-order valence-electron chi connectivity index (χ1n) is 5.69. The Morgan fingerprint density at radius 1 is 0.714 bits per heavy atom. The molecule has 0 aromatic heterocycles. The summed E-state index contributed by atoms with van der Waals surface area (Å²) in [5.41, 5.74) is 1.10. The molecule has 0 saturated carbocycles. The lowest BCUT2D eigenvalue weighted by Gasteiger charge is -2.05. The molecule has 0 atom stereocenters. The zero-order chi connectivity index (χ0) is 15.3. The van der Waals surface area contributed by atoms with Gasteiger partial charge in [-0.3, -0.25) is 0 Å². The Balaban J connectivity index is 2.41. The maximum Gasteiger partial charge on any atom is 0.206 e. The van der Waals surface area contributed by atoms with Crippen molar-refractivity contribution in [3.05, 3.63) is 48.5 Å². The third-order valence-electron chi connectivity index (χ3n) is 2.64. The summed E-state index contributed by atoms with van der Waals surface area (Å²) < 4.78 is 24.9. The maximum absolute atomic E-state index is 12.4. The molecule has 0 radical (unpaired) electrons. The van der Waals surface area contributed by atoms with Crippen molar-refractivity contribution in [2.75, 3.05) is 0 Å². The number of aliphatic imine (C=N–C) groups is 2. The van der Waals surface area contributed by atoms with E-state index in [-0.39, 0.29) is 9.79 Å². The highest BCUT2D eigenvalue weighted by Crippen LogP contribution is 2.24. The third-order valence-corrected chi connectivity index (χ3v) is 4.61. The molecular weight excluding hydrogens is 324 g/mol. The Hall–Kier alpha value is -2.01. The average molecular weight is 332 g/mol. The molecule has 2 rings (SSSR count). The van der Waals surface area contributed by atoms with Gasteiger partial charge >= 0.3 is 0 Å². The predicted molar refractivity (Wildman–Crippen MR) is 87.7 cm³/mol. The Morgan fingerprint density at radius 3 is 1.33 bits per heavy atom. The molecular formula is C14H8N2O2S3. The SMILES string of the molecule is O=S(=O)(c1ccc(N=C=S)cc1)c1ccc(N=C=S)cc1. The predicted octanol–water partition coefficient (Wildman–Crippen LogP) is 3.99. The molecule has 0 bridgehead atoms. The van der Waals surface area contributed by atoms with Crippen molar-refractivity contribution in [2.24, 2.45) is 9.98 Å². The van der Waals surface area contributed by atoms with Crippen molar-refractivity contribution in [1.82, 2.24) is 0 Å². The van der Waals surface area contributed by atoms with Gasteiger partial charge in [0.15, 0.2) is 0 Å². The average Bonchev–Trinajstić information content (AvgIpc) is 2.49. The van der Waals surface area contributed by atoms with Gasteiger partial charge in [-0.15, -0.1) is 0 Å². The van der Waals surface area contributed by atoms with Gasteiger partial charge in [0.1, 0.15) is 0 Å². The Labute approximate surface area is 132 Å². The summed E-state index contributed by atoms with van der Waals surface area (Å²) in [5.74, 6) is 0. The van der Waals surface area contributed by atoms with Crippen molar-refractivity contribution in [3.63, 3.8) is 0 Å². The van der Waals surface area contributed by atoms with Crippen molar-refractivity contribution in [1.29, 1.82) is 0 Å². The van der Waals surface area contributed by atoms with Crippen LogP contribution in [0.3, 0.4) is 0 Å². The molecule has 0 saturated heterocycles. The number of hydrogen-bond acceptors (Lipinski definition) is 6. The minimum atomic E-state index is -3.58. The van der Waals surface area contributed by atoms with Crippen LogP contribution < -0.4 is 0 Å². The lowest BCUT2D eigenvalue weighted by atomic mass is 10.3. The highest BCUT2D eigenvalue weighted by molar-refractivity contribution is 7.91. The summed E-state index contributed by atoms with van der Waals surface area (Å²) in [6.07, 6.45) is 0. The number of isothiocyanates is 2. The third kappa shape index (κ3) is 3.55. The lowest BCUT2D eigenvalue weighted by Crippen LogP contribution is -2.01. The van der Waals surface area contributed by atoms with E-state index in [1.165, 1.54) is 24.3 Å². The molecule has 0 heterocycles. The van der Waals surface area contributed by atoms with Crippen molar-refractivity contribution in [2.45, 2.75) is 9.79 Å². The summed E-state index contributed by atoms with van der Waals surface area (Å²) in [6, 6.07) is 12.2. The van der Waals surface area contributed by atoms with E-state index in [9.17, 15) is 8.42 Å². The largest absolute Gasteiger partial charge is 0.219 e. The second-order valence-electron chi connectivity index (χ2n) is 3.90. The van der Waals surface area contributed by atoms with E-state index in [4.69, 9.17) is 0 Å². The zero-order valence-corrected chi connectivity index (χ0v) is 13.0. The highest BCUT2D eigenvalue weighted by Gasteiger charge is 2.17. The number of thiocarbonyl (C=S) groups is 2. The van der Waals surface area contributed by atoms with E-state index in [1.807, 2.05) is 0 Å². The van der Waals surface area contributed by atoms with Crippen LogP contribution in [0.25, 0.3) is 0 Å². The smallest absolute Gasteiger partial charge is 0.206 e. The van der Waals surface area contributed by atoms with Crippen LogP contribution in [0.4, 0.5) is 11.4 Å². The maximum atomic E-state index is 12.4. The summed E-state index contributed by atoms with van der Waals surface area (Å²) in [7, 11) is -3.58. The second kappa shape index (κ2) is 6.63. The first kappa shape index (κ1) is 15.4. The van der Waals surface area contributed by atoms with Crippen molar-refractivity contribution >= 4 is 56.0 Å². The van der Waals surface area contributed by atoms with Crippen LogP contribution in [0.1, 0.15) is 0 Å². The van der Waals surface area contributed by atoms with Gasteiger partial charge in [0, 0.05) is 0 Å². The van der Waals surface area contributed by atoms with Gasteiger partial charge < -0.3 is 0 Å². The molecule has 0 fully saturated rings. The summed E-state index contributed by atoms with van der Waals surface area (Å²) >= 11 is 8.99. The van der Waals surface area contributed by atoms with Crippen molar-refractivity contribution < 1.29 is 8.42 Å². The molecule has 21 heavy (non-hydrogen) atoms. The van der Waals surface area contributed by atoms with Crippen LogP contribution in [0.15, 0.2) is 68.3 Å². The van der Waals surface area contributed by atoms with Gasteiger partial charge in [0.05, 0.1) is 31.5 Å². The van der Waals surface area contributed by atoms with Crippen LogP contribution in [-0.2, 0) is 9.84 Å². The van der Waals surface area contributed by atoms with Crippen molar-refractivity contribution in [3.8, 4) is 0 Å². The van der Waals surface area contributed by atoms with Gasteiger partial charge in [0.2, 0.25) is 9.84 Å². The summed E-state index contributed by atoms with van der Waals surface area (Å²) in [6.45, 7) is 0. The Morgan fingerprint density at radius 2 is 1.05 bits per heavy atom. The van der Waals surface area contributed by atoms with E-state index in [0.717, 1.165) is 0 Å². The second-order valence-corrected chi connectivity index (χ2v) is 6.21. The molecule has 4 nitrogen and oxygen atoms in total. The molecule has 7 heteroatoms. The standard InChI is InChI=1S/C14H8N2O2S3/c17-21(18,13-5-1-11(2-6-13)15-9-19)14-7-3-12(4-8-14)16-10-20/h1-8H. The molecule has 0 aliphatic rings. The first-order valence-corrected chi connectivity index (χ1v) is 7.99. The van der Waals surface area contributed by atoms with E-state index < -0.39 is 9.84 Å². The van der Waals surface area contributed by atoms with Crippen LogP contribution in [0.2, 0.25) is 0 Å². The molecule has 0 amide bonds. The van der Waals surface area contributed by atoms with E-state index >= 15 is 0 Å². The van der Waals surface area contributed by atoms with Crippen LogP contribution in [0, 0.1) is 0 Å². The molecule has 0 aliphatic heterocycles. The molecule has 2 aromatic carbocycles. The minimum absolute atomic E-state index is 0.178. The Bertz CT molecular complexity index is 777. The van der Waals surface area contributed by atoms with Crippen LogP contribution in [0.5, 0.6) is 0 Å². The molecule has 104 valence electrons. The van der Waals surface area contributed by atoms with Gasteiger partial charge in [0.25, 0.3) is 0 Å². The summed E-state index contributed by atoms with van der Waals surface area (Å²) in [4.78, 5) is 7.91. The van der Waals surface area contributed by atoms with Crippen LogP contribution >= 0.6 is 24.4 Å². The summed E-state index contributed by atoms with van der Waals surface area (Å²) in [5, 5.41) is 4.45. The monoisotopic (exact) mass is 332 g/mol. The quantitative estimate of drug-likeness (QED) is 0.627. The van der Waals surface area contributed by atoms with Gasteiger partial charge in [-0.25, -0.2) is 8.42 Å². The number of sulfone groups is 1. The topological polar surface area (TPSA) is 58.9 Å². The number of hydrogen-bond donors (Lipinski definition) is 0. The highest BCUT2D eigenvalue weighted by atomic mass is 32.2. The number of nitrogens with zero attached hydrogens (tertiary/aromatic N) is 2. The molecule has 0 unspecified atom stereocenters. The van der Waals surface area contributed by atoms with Gasteiger partial charge in [-0.05, 0) is 73.0 Å². The number of rotatable bonds is 4. The van der Waals surface area contributed by atoms with E-state index in [1.54, 1.807) is 24.3 Å². The molecule has 0 spiro atoms. The molecule has 0 N–H and O–H groups in total. The van der Waals surface area contributed by atoms with Gasteiger partial charge in [-0.1, -0.05) is 0 Å². The first-order chi connectivity index (χ1) is 10.1. The molecule has 0 aliphatic carbocycles.